The van der Waals surface area contributed by atoms with Crippen molar-refractivity contribution in [2.24, 2.45) is 0 Å². The van der Waals surface area contributed by atoms with Crippen LogP contribution in [0.3, 0.4) is 0 Å². The fourth-order valence-electron chi connectivity index (χ4n) is 1.69. The monoisotopic (exact) mass is 324 g/mol. The number of methoxy groups -OCH3 is 1. The van der Waals surface area contributed by atoms with E-state index in [1.54, 1.807) is 6.07 Å². The van der Waals surface area contributed by atoms with E-state index in [2.05, 4.69) is 20.7 Å². The number of halogens is 1. The maximum atomic E-state index is 11.2. The minimum Gasteiger partial charge on any atom is -0.463 e. The smallest absolute Gasteiger partial charge is 0.373 e. The molecule has 0 saturated heterocycles. The van der Waals surface area contributed by atoms with E-state index >= 15 is 0 Å². The largest absolute Gasteiger partial charge is 0.463 e. The van der Waals surface area contributed by atoms with Crippen LogP contribution in [-0.4, -0.2) is 18.2 Å². The number of carbonyl (C=O) groups excluding carboxylic acids is 1. The van der Waals surface area contributed by atoms with Crippen molar-refractivity contribution in [3.8, 4) is 0 Å². The van der Waals surface area contributed by atoms with Crippen molar-refractivity contribution in [3.63, 3.8) is 0 Å². The predicted octanol–water partition coefficient (Wildman–Crippen LogP) is 3.10. The lowest BCUT2D eigenvalue weighted by Gasteiger charge is -2.07. The predicted molar refractivity (Wildman–Crippen MR) is 72.9 cm³/mol. The highest BCUT2D eigenvalue weighted by Crippen LogP contribution is 2.22. The Morgan fingerprint density at radius 2 is 2.00 bits per heavy atom. The maximum Gasteiger partial charge on any atom is 0.373 e. The second kappa shape index (κ2) is 6.04. The summed E-state index contributed by atoms with van der Waals surface area (Å²) in [4.78, 5) is 11.2. The van der Waals surface area contributed by atoms with Crippen LogP contribution >= 0.6 is 15.9 Å². The number of aliphatic hydroxyl groups excluding tert-OH is 1. The number of esters is 1. The summed E-state index contributed by atoms with van der Waals surface area (Å²) in [5.41, 5.74) is 0.978. The highest BCUT2D eigenvalue weighted by molar-refractivity contribution is 9.10. The van der Waals surface area contributed by atoms with Gasteiger partial charge in [0.15, 0.2) is 0 Å². The molecule has 2 aromatic rings. The molecule has 0 spiro atoms. The zero-order valence-electron chi connectivity index (χ0n) is 10.3. The number of carbonyl (C=O) groups is 1. The van der Waals surface area contributed by atoms with E-state index < -0.39 is 12.1 Å². The van der Waals surface area contributed by atoms with E-state index in [4.69, 9.17) is 4.42 Å². The first-order valence-corrected chi connectivity index (χ1v) is 6.50. The zero-order valence-corrected chi connectivity index (χ0v) is 11.9. The van der Waals surface area contributed by atoms with Crippen LogP contribution in [0.5, 0.6) is 0 Å². The molecule has 0 aliphatic heterocycles. The van der Waals surface area contributed by atoms with Crippen LogP contribution in [0.25, 0.3) is 0 Å². The van der Waals surface area contributed by atoms with Gasteiger partial charge in [-0.2, -0.15) is 0 Å². The fraction of sp³-hybridized carbons (Fsp3) is 0.214. The molecule has 0 amide bonds. The molecular formula is C14H13BrO4. The average molecular weight is 325 g/mol. The second-order valence-electron chi connectivity index (χ2n) is 4.04. The molecule has 0 fully saturated rings. The van der Waals surface area contributed by atoms with E-state index in [1.165, 1.54) is 13.2 Å². The minimum absolute atomic E-state index is 0.0901. The Hall–Kier alpha value is -1.59. The molecule has 1 unspecified atom stereocenters. The van der Waals surface area contributed by atoms with Gasteiger partial charge < -0.3 is 14.3 Å². The van der Waals surface area contributed by atoms with Crippen molar-refractivity contribution in [1.29, 1.82) is 0 Å². The Morgan fingerprint density at radius 1 is 1.32 bits per heavy atom. The second-order valence-corrected chi connectivity index (χ2v) is 4.96. The normalized spacial score (nSPS) is 12.2. The topological polar surface area (TPSA) is 59.7 Å². The first kappa shape index (κ1) is 13.8. The molecule has 100 valence electrons. The quantitative estimate of drug-likeness (QED) is 0.878. The van der Waals surface area contributed by atoms with Gasteiger partial charge in [-0.3, -0.25) is 0 Å². The summed E-state index contributed by atoms with van der Waals surface area (Å²) in [6, 6.07) is 10.7. The molecule has 2 rings (SSSR count). The van der Waals surface area contributed by atoms with E-state index in [0.717, 1.165) is 10.0 Å². The van der Waals surface area contributed by atoms with E-state index in [9.17, 15) is 9.90 Å². The third-order valence-corrected chi connectivity index (χ3v) is 3.21. The Morgan fingerprint density at radius 3 is 2.63 bits per heavy atom. The van der Waals surface area contributed by atoms with E-state index in [-0.39, 0.29) is 5.76 Å². The molecule has 0 bridgehead atoms. The van der Waals surface area contributed by atoms with Crippen molar-refractivity contribution in [3.05, 3.63) is 58.0 Å². The van der Waals surface area contributed by atoms with Crippen molar-refractivity contribution in [2.45, 2.75) is 12.5 Å². The molecule has 1 N–H and O–H groups in total. The van der Waals surface area contributed by atoms with Crippen LogP contribution in [-0.2, 0) is 11.2 Å². The van der Waals surface area contributed by atoms with Gasteiger partial charge in [-0.1, -0.05) is 28.1 Å². The third-order valence-electron chi connectivity index (χ3n) is 2.68. The zero-order chi connectivity index (χ0) is 13.8. The molecule has 0 saturated carbocycles. The molecule has 4 nitrogen and oxygen atoms in total. The molecular weight excluding hydrogens is 312 g/mol. The van der Waals surface area contributed by atoms with Crippen molar-refractivity contribution in [2.75, 3.05) is 7.11 Å². The van der Waals surface area contributed by atoms with Crippen LogP contribution < -0.4 is 0 Å². The number of ether oxygens (including phenoxy) is 1. The molecule has 0 aliphatic carbocycles. The summed E-state index contributed by atoms with van der Waals surface area (Å²) in [6.07, 6.45) is -0.374. The molecule has 19 heavy (non-hydrogen) atoms. The van der Waals surface area contributed by atoms with Crippen molar-refractivity contribution >= 4 is 21.9 Å². The number of furan rings is 1. The van der Waals surface area contributed by atoms with E-state index in [1.807, 2.05) is 24.3 Å². The lowest BCUT2D eigenvalue weighted by atomic mass is 10.1. The van der Waals surface area contributed by atoms with Crippen LogP contribution in [0.1, 0.15) is 28.0 Å². The number of hydrogen-bond acceptors (Lipinski definition) is 4. The Balaban J connectivity index is 2.07. The van der Waals surface area contributed by atoms with Gasteiger partial charge in [0.2, 0.25) is 5.76 Å². The first-order chi connectivity index (χ1) is 9.10. The van der Waals surface area contributed by atoms with Gasteiger partial charge in [0, 0.05) is 10.9 Å². The molecule has 5 heteroatoms. The van der Waals surface area contributed by atoms with Crippen LogP contribution in [0, 0.1) is 0 Å². The summed E-state index contributed by atoms with van der Waals surface area (Å²) in [5.74, 6) is -0.113. The van der Waals surface area contributed by atoms with Crippen LogP contribution in [0.2, 0.25) is 0 Å². The van der Waals surface area contributed by atoms with Gasteiger partial charge in [0.1, 0.15) is 11.9 Å². The van der Waals surface area contributed by atoms with Crippen molar-refractivity contribution in [1.82, 2.24) is 0 Å². The Labute approximate surface area is 119 Å². The van der Waals surface area contributed by atoms with Gasteiger partial charge in [0.05, 0.1) is 7.11 Å². The first-order valence-electron chi connectivity index (χ1n) is 5.70. The van der Waals surface area contributed by atoms with Gasteiger partial charge in [-0.25, -0.2) is 4.79 Å². The highest BCUT2D eigenvalue weighted by atomic mass is 79.9. The summed E-state index contributed by atoms with van der Waals surface area (Å²) in [6.45, 7) is 0. The molecule has 1 aromatic carbocycles. The minimum atomic E-state index is -0.792. The van der Waals surface area contributed by atoms with Crippen molar-refractivity contribution < 1.29 is 19.1 Å². The molecule has 0 aliphatic rings. The summed E-state index contributed by atoms with van der Waals surface area (Å²) in [5, 5.41) is 10.1. The number of hydrogen-bond donors (Lipinski definition) is 1. The standard InChI is InChI=1S/C14H13BrO4/c1-18-14(17)13-7-6-12(19-13)11(16)8-9-2-4-10(15)5-3-9/h2-7,11,16H,8H2,1H3. The molecule has 1 heterocycles. The fourth-order valence-corrected chi connectivity index (χ4v) is 1.95. The van der Waals surface area contributed by atoms with Crippen LogP contribution in [0.15, 0.2) is 45.3 Å². The van der Waals surface area contributed by atoms with Gasteiger partial charge >= 0.3 is 5.97 Å². The Bertz CT molecular complexity index is 559. The average Bonchev–Trinajstić information content (AvgIpc) is 2.90. The summed E-state index contributed by atoms with van der Waals surface area (Å²) >= 11 is 3.35. The third kappa shape index (κ3) is 3.45. The van der Waals surface area contributed by atoms with E-state index in [0.29, 0.717) is 12.2 Å². The summed E-state index contributed by atoms with van der Waals surface area (Å²) < 4.78 is 10.8. The molecule has 1 aromatic heterocycles. The number of benzene rings is 1. The number of rotatable bonds is 4. The number of aliphatic hydroxyl groups is 1. The highest BCUT2D eigenvalue weighted by Gasteiger charge is 2.16. The summed E-state index contributed by atoms with van der Waals surface area (Å²) in [7, 11) is 1.28. The van der Waals surface area contributed by atoms with Crippen LogP contribution in [0.4, 0.5) is 0 Å². The van der Waals surface area contributed by atoms with Gasteiger partial charge in [0.25, 0.3) is 0 Å². The lowest BCUT2D eigenvalue weighted by molar-refractivity contribution is 0.0555. The van der Waals surface area contributed by atoms with Gasteiger partial charge in [-0.15, -0.1) is 0 Å². The lowest BCUT2D eigenvalue weighted by Crippen LogP contribution is -2.01. The maximum absolute atomic E-state index is 11.2. The SMILES string of the molecule is COC(=O)c1ccc(C(O)Cc2ccc(Br)cc2)o1. The van der Waals surface area contributed by atoms with Gasteiger partial charge in [-0.05, 0) is 29.8 Å². The Kier molecular flexibility index (Phi) is 4.39. The molecule has 1 atom stereocenters. The molecule has 0 radical (unpaired) electrons.